The van der Waals surface area contributed by atoms with Gasteiger partial charge in [-0.15, -0.1) is 0 Å². The van der Waals surface area contributed by atoms with Crippen molar-refractivity contribution in [2.75, 3.05) is 24.6 Å². The van der Waals surface area contributed by atoms with Crippen LogP contribution in [0.15, 0.2) is 12.3 Å². The third-order valence-electron chi connectivity index (χ3n) is 3.27. The number of alkyl halides is 3. The fourth-order valence-electron chi connectivity index (χ4n) is 2.26. The number of rotatable bonds is 3. The van der Waals surface area contributed by atoms with Crippen LogP contribution in [0.25, 0.3) is 0 Å². The summed E-state index contributed by atoms with van der Waals surface area (Å²) in [4.78, 5) is 5.70. The normalized spacial score (nSPS) is 20.1. The Morgan fingerprint density at radius 2 is 2.21 bits per heavy atom. The van der Waals surface area contributed by atoms with E-state index < -0.39 is 11.7 Å². The Hall–Kier alpha value is -1.01. The molecule has 2 rings (SSSR count). The van der Waals surface area contributed by atoms with Crippen molar-refractivity contribution in [3.8, 4) is 0 Å². The minimum absolute atomic E-state index is 0.0134. The van der Waals surface area contributed by atoms with Gasteiger partial charge in [-0.1, -0.05) is 11.6 Å². The highest BCUT2D eigenvalue weighted by Gasteiger charge is 2.32. The molecule has 0 bridgehead atoms. The average Bonchev–Trinajstić information content (AvgIpc) is 2.76. The molecule has 19 heavy (non-hydrogen) atoms. The molecule has 0 saturated carbocycles. The molecule has 1 aromatic heterocycles. The molecule has 1 saturated heterocycles. The van der Waals surface area contributed by atoms with E-state index in [4.69, 9.17) is 16.7 Å². The smallest absolute Gasteiger partial charge is 0.396 e. The maximum atomic E-state index is 12.5. The van der Waals surface area contributed by atoms with E-state index in [1.54, 1.807) is 0 Å². The van der Waals surface area contributed by atoms with Crippen LogP contribution >= 0.6 is 11.6 Å². The Morgan fingerprint density at radius 3 is 2.79 bits per heavy atom. The summed E-state index contributed by atoms with van der Waals surface area (Å²) in [7, 11) is 0. The van der Waals surface area contributed by atoms with Crippen LogP contribution in [0.3, 0.4) is 0 Å². The molecule has 1 N–H and O–H groups in total. The maximum Gasteiger partial charge on any atom is 0.417 e. The summed E-state index contributed by atoms with van der Waals surface area (Å²) in [5.74, 6) is 0.722. The van der Waals surface area contributed by atoms with Crippen molar-refractivity contribution in [1.29, 1.82) is 0 Å². The fourth-order valence-corrected chi connectivity index (χ4v) is 2.55. The Bertz CT molecular complexity index is 453. The van der Waals surface area contributed by atoms with Crippen molar-refractivity contribution in [2.24, 2.45) is 5.92 Å². The lowest BCUT2D eigenvalue weighted by Crippen LogP contribution is -2.22. The Kier molecular flexibility index (Phi) is 4.20. The lowest BCUT2D eigenvalue weighted by molar-refractivity contribution is -0.137. The van der Waals surface area contributed by atoms with Gasteiger partial charge in [0, 0.05) is 25.9 Å². The van der Waals surface area contributed by atoms with Crippen LogP contribution < -0.4 is 4.90 Å². The summed E-state index contributed by atoms with van der Waals surface area (Å²) in [6, 6.07) is 0.906. The van der Waals surface area contributed by atoms with Crippen LogP contribution in [0.4, 0.5) is 19.0 Å². The molecule has 1 fully saturated rings. The first-order chi connectivity index (χ1) is 8.91. The van der Waals surface area contributed by atoms with Gasteiger partial charge in [-0.25, -0.2) is 4.98 Å². The zero-order chi connectivity index (χ0) is 14.0. The molecule has 0 aromatic carbocycles. The van der Waals surface area contributed by atoms with Crippen molar-refractivity contribution >= 4 is 17.4 Å². The topological polar surface area (TPSA) is 36.4 Å². The van der Waals surface area contributed by atoms with Crippen LogP contribution in [-0.2, 0) is 6.18 Å². The van der Waals surface area contributed by atoms with E-state index in [0.29, 0.717) is 31.2 Å². The van der Waals surface area contributed by atoms with Gasteiger partial charge in [0.25, 0.3) is 0 Å². The second-order valence-electron chi connectivity index (χ2n) is 4.64. The molecule has 0 spiro atoms. The Labute approximate surface area is 114 Å². The van der Waals surface area contributed by atoms with Crippen LogP contribution in [0.5, 0.6) is 0 Å². The molecule has 1 atom stereocenters. The average molecular weight is 295 g/mol. The highest BCUT2D eigenvalue weighted by Crippen LogP contribution is 2.35. The summed E-state index contributed by atoms with van der Waals surface area (Å²) in [6.07, 6.45) is -2.05. The zero-order valence-corrected chi connectivity index (χ0v) is 10.9. The molecule has 0 amide bonds. The Balaban J connectivity index is 2.14. The second-order valence-corrected chi connectivity index (χ2v) is 5.05. The number of hydrogen-bond donors (Lipinski definition) is 1. The van der Waals surface area contributed by atoms with E-state index in [-0.39, 0.29) is 11.6 Å². The largest absolute Gasteiger partial charge is 0.417 e. The molecule has 0 radical (unpaired) electrons. The predicted molar refractivity (Wildman–Crippen MR) is 66.3 cm³/mol. The fraction of sp³-hybridized carbons (Fsp3) is 0.583. The number of aliphatic hydroxyl groups excluding tert-OH is 1. The first kappa shape index (κ1) is 14.4. The van der Waals surface area contributed by atoms with Gasteiger partial charge in [0.1, 0.15) is 5.82 Å². The second kappa shape index (κ2) is 5.54. The number of hydrogen-bond acceptors (Lipinski definition) is 3. The summed E-state index contributed by atoms with van der Waals surface area (Å²) < 4.78 is 37.5. The summed E-state index contributed by atoms with van der Waals surface area (Å²) in [5.41, 5.74) is -0.840. The van der Waals surface area contributed by atoms with E-state index in [9.17, 15) is 13.2 Å². The first-order valence-corrected chi connectivity index (χ1v) is 6.38. The number of aliphatic hydroxyl groups is 1. The third kappa shape index (κ3) is 3.30. The van der Waals surface area contributed by atoms with Crippen LogP contribution in [0.1, 0.15) is 18.4 Å². The van der Waals surface area contributed by atoms with Gasteiger partial charge in [-0.2, -0.15) is 13.2 Å². The maximum absolute atomic E-state index is 12.5. The molecule has 106 valence electrons. The van der Waals surface area contributed by atoms with Crippen molar-refractivity contribution in [2.45, 2.75) is 19.0 Å². The zero-order valence-electron chi connectivity index (χ0n) is 10.1. The quantitative estimate of drug-likeness (QED) is 0.931. The van der Waals surface area contributed by atoms with Crippen LogP contribution in [0, 0.1) is 5.92 Å². The van der Waals surface area contributed by atoms with Gasteiger partial charge in [0.2, 0.25) is 0 Å². The van der Waals surface area contributed by atoms with Crippen molar-refractivity contribution in [1.82, 2.24) is 4.98 Å². The molecule has 1 unspecified atom stereocenters. The summed E-state index contributed by atoms with van der Waals surface area (Å²) >= 11 is 5.89. The number of pyridine rings is 1. The van der Waals surface area contributed by atoms with Gasteiger partial charge in [-0.05, 0) is 24.8 Å². The van der Waals surface area contributed by atoms with Gasteiger partial charge >= 0.3 is 6.18 Å². The molecule has 2 heterocycles. The van der Waals surface area contributed by atoms with Gasteiger partial charge < -0.3 is 10.0 Å². The lowest BCUT2D eigenvalue weighted by Gasteiger charge is -2.19. The third-order valence-corrected chi connectivity index (χ3v) is 3.55. The number of nitrogens with zero attached hydrogens (tertiary/aromatic N) is 2. The highest BCUT2D eigenvalue weighted by molar-refractivity contribution is 6.33. The molecule has 1 aromatic rings. The lowest BCUT2D eigenvalue weighted by atomic mass is 10.1. The summed E-state index contributed by atoms with van der Waals surface area (Å²) in [6.45, 7) is 1.48. The predicted octanol–water partition coefficient (Wildman–Crippen LogP) is 2.96. The molecule has 0 aliphatic carbocycles. The Morgan fingerprint density at radius 1 is 1.47 bits per heavy atom. The van der Waals surface area contributed by atoms with Crippen molar-refractivity contribution in [3.05, 3.63) is 22.8 Å². The number of halogens is 4. The molecule has 7 heteroatoms. The van der Waals surface area contributed by atoms with Crippen molar-refractivity contribution < 1.29 is 18.3 Å². The van der Waals surface area contributed by atoms with E-state index >= 15 is 0 Å². The van der Waals surface area contributed by atoms with E-state index in [1.807, 2.05) is 4.90 Å². The van der Waals surface area contributed by atoms with E-state index in [1.165, 1.54) is 0 Å². The molecule has 1 aliphatic heterocycles. The monoisotopic (exact) mass is 294 g/mol. The van der Waals surface area contributed by atoms with Gasteiger partial charge in [-0.3, -0.25) is 0 Å². The van der Waals surface area contributed by atoms with Crippen LogP contribution in [-0.4, -0.2) is 29.8 Å². The standard InChI is InChI=1S/C12H14ClF3N2O/c13-10-5-9(12(14,15)16)6-17-11(10)18-3-1-8(7-18)2-4-19/h5-6,8,19H,1-4,7H2. The van der Waals surface area contributed by atoms with E-state index in [0.717, 1.165) is 18.7 Å². The van der Waals surface area contributed by atoms with E-state index in [2.05, 4.69) is 4.98 Å². The number of anilines is 1. The summed E-state index contributed by atoms with van der Waals surface area (Å²) in [5, 5.41) is 8.89. The van der Waals surface area contributed by atoms with Crippen molar-refractivity contribution in [3.63, 3.8) is 0 Å². The molecule has 3 nitrogen and oxygen atoms in total. The highest BCUT2D eigenvalue weighted by atomic mass is 35.5. The molecule has 1 aliphatic rings. The molecular weight excluding hydrogens is 281 g/mol. The minimum atomic E-state index is -4.43. The minimum Gasteiger partial charge on any atom is -0.396 e. The number of aromatic nitrogens is 1. The van der Waals surface area contributed by atoms with Gasteiger partial charge in [0.05, 0.1) is 10.6 Å². The first-order valence-electron chi connectivity index (χ1n) is 6.00. The molecular formula is C12H14ClF3N2O. The van der Waals surface area contributed by atoms with Crippen LogP contribution in [0.2, 0.25) is 5.02 Å². The SMILES string of the molecule is OCCC1CCN(c2ncc(C(F)(F)F)cc2Cl)C1. The van der Waals surface area contributed by atoms with Gasteiger partial charge in [0.15, 0.2) is 0 Å².